The third-order valence-electron chi connectivity index (χ3n) is 2.81. The van der Waals surface area contributed by atoms with Gasteiger partial charge in [-0.1, -0.05) is 32.0 Å². The Hall–Kier alpha value is -1.41. The largest absolute Gasteiger partial charge is 0.324 e. The van der Waals surface area contributed by atoms with Gasteiger partial charge in [0.2, 0.25) is 0 Å². The molecule has 0 fully saturated rings. The summed E-state index contributed by atoms with van der Waals surface area (Å²) in [5.74, 6) is 0.613. The van der Waals surface area contributed by atoms with Gasteiger partial charge in [0.15, 0.2) is 0 Å². The Labute approximate surface area is 96.5 Å². The Balaban J connectivity index is 2.44. The third-order valence-corrected chi connectivity index (χ3v) is 2.81. The first kappa shape index (κ1) is 11.1. The summed E-state index contributed by atoms with van der Waals surface area (Å²) < 4.78 is 0. The summed E-state index contributed by atoms with van der Waals surface area (Å²) >= 11 is 0. The van der Waals surface area contributed by atoms with Gasteiger partial charge in [-0.3, -0.25) is 4.98 Å². The average Bonchev–Trinajstić information content (AvgIpc) is 2.27. The highest BCUT2D eigenvalue weighted by molar-refractivity contribution is 5.82. The smallest absolute Gasteiger partial charge is 0.0705 e. The number of nitrogens with zero attached hydrogens (tertiary/aromatic N) is 1. The third kappa shape index (κ3) is 2.22. The zero-order valence-corrected chi connectivity index (χ0v) is 9.85. The quantitative estimate of drug-likeness (QED) is 0.851. The lowest BCUT2D eigenvalue weighted by Crippen LogP contribution is -2.13. The molecule has 2 N–H and O–H groups in total. The van der Waals surface area contributed by atoms with Crippen LogP contribution in [0.1, 0.15) is 31.9 Å². The molecule has 2 aromatic rings. The highest BCUT2D eigenvalue weighted by Gasteiger charge is 2.11. The molecule has 1 aromatic carbocycles. The van der Waals surface area contributed by atoms with E-state index in [4.69, 9.17) is 5.73 Å². The Kier molecular flexibility index (Phi) is 3.20. The Morgan fingerprint density at radius 3 is 2.69 bits per heavy atom. The van der Waals surface area contributed by atoms with Gasteiger partial charge in [-0.15, -0.1) is 0 Å². The molecule has 0 bridgehead atoms. The van der Waals surface area contributed by atoms with Crippen molar-refractivity contribution < 1.29 is 0 Å². The second-order valence-electron chi connectivity index (χ2n) is 4.65. The zero-order valence-electron chi connectivity index (χ0n) is 9.85. The number of pyridine rings is 1. The molecular formula is C14H18N2. The topological polar surface area (TPSA) is 38.9 Å². The van der Waals surface area contributed by atoms with Crippen molar-refractivity contribution >= 4 is 10.9 Å². The average molecular weight is 214 g/mol. The van der Waals surface area contributed by atoms with Crippen LogP contribution in [0.3, 0.4) is 0 Å². The van der Waals surface area contributed by atoms with Crippen molar-refractivity contribution in [1.29, 1.82) is 0 Å². The number of rotatable bonds is 3. The minimum absolute atomic E-state index is 0.105. The van der Waals surface area contributed by atoms with E-state index in [1.807, 2.05) is 30.5 Å². The number of hydrogen-bond acceptors (Lipinski definition) is 2. The molecule has 0 aliphatic rings. The molecule has 84 valence electrons. The molecule has 1 atom stereocenters. The fraction of sp³-hybridized carbons (Fsp3) is 0.357. The summed E-state index contributed by atoms with van der Waals surface area (Å²) in [6, 6.07) is 10.3. The standard InChI is InChI=1S/C14H18N2/c1-10(2)9-13(15)11-7-8-16-14-6-4-3-5-12(11)14/h3-8,10,13H,9,15H2,1-2H3/t13-/m1/s1. The van der Waals surface area contributed by atoms with Gasteiger partial charge in [0.1, 0.15) is 0 Å². The molecule has 0 aliphatic heterocycles. The van der Waals surface area contributed by atoms with E-state index in [-0.39, 0.29) is 6.04 Å². The molecule has 2 heteroatoms. The molecule has 2 nitrogen and oxygen atoms in total. The lowest BCUT2D eigenvalue weighted by molar-refractivity contribution is 0.512. The highest BCUT2D eigenvalue weighted by Crippen LogP contribution is 2.25. The number of fused-ring (bicyclic) bond motifs is 1. The molecule has 0 saturated carbocycles. The molecule has 1 aromatic heterocycles. The summed E-state index contributed by atoms with van der Waals surface area (Å²) in [7, 11) is 0. The first-order valence-electron chi connectivity index (χ1n) is 5.77. The second-order valence-corrected chi connectivity index (χ2v) is 4.65. The molecule has 0 radical (unpaired) electrons. The highest BCUT2D eigenvalue weighted by atomic mass is 14.7. The van der Waals surface area contributed by atoms with Gasteiger partial charge in [-0.2, -0.15) is 0 Å². The van der Waals surface area contributed by atoms with E-state index in [9.17, 15) is 0 Å². The van der Waals surface area contributed by atoms with Crippen LogP contribution in [0, 0.1) is 5.92 Å². The molecule has 0 aliphatic carbocycles. The molecule has 0 unspecified atom stereocenters. The molecule has 16 heavy (non-hydrogen) atoms. The summed E-state index contributed by atoms with van der Waals surface area (Å²) in [6.07, 6.45) is 2.85. The van der Waals surface area contributed by atoms with E-state index in [1.54, 1.807) is 0 Å². The first-order chi connectivity index (χ1) is 7.68. The molecule has 1 heterocycles. The molecule has 0 amide bonds. The van der Waals surface area contributed by atoms with Crippen molar-refractivity contribution in [2.75, 3.05) is 0 Å². The first-order valence-corrected chi connectivity index (χ1v) is 5.77. The van der Waals surface area contributed by atoms with Crippen LogP contribution in [0.15, 0.2) is 36.5 Å². The lowest BCUT2D eigenvalue weighted by Gasteiger charge is -2.16. The predicted octanol–water partition coefficient (Wildman–Crippen LogP) is 3.28. The van der Waals surface area contributed by atoms with Crippen LogP contribution in [0.5, 0.6) is 0 Å². The van der Waals surface area contributed by atoms with Gasteiger partial charge < -0.3 is 5.73 Å². The Morgan fingerprint density at radius 2 is 1.94 bits per heavy atom. The van der Waals surface area contributed by atoms with Gasteiger partial charge in [-0.05, 0) is 30.0 Å². The number of aromatic nitrogens is 1. The van der Waals surface area contributed by atoms with E-state index >= 15 is 0 Å². The fourth-order valence-electron chi connectivity index (χ4n) is 2.08. The summed E-state index contributed by atoms with van der Waals surface area (Å²) in [4.78, 5) is 4.35. The number of benzene rings is 1. The van der Waals surface area contributed by atoms with Crippen molar-refractivity contribution in [2.45, 2.75) is 26.3 Å². The normalized spacial score (nSPS) is 13.2. The van der Waals surface area contributed by atoms with Gasteiger partial charge >= 0.3 is 0 Å². The summed E-state index contributed by atoms with van der Waals surface area (Å²) in [5, 5.41) is 1.18. The van der Waals surface area contributed by atoms with Gasteiger partial charge in [0.25, 0.3) is 0 Å². The van der Waals surface area contributed by atoms with E-state index in [0.29, 0.717) is 5.92 Å². The zero-order chi connectivity index (χ0) is 11.5. The maximum atomic E-state index is 6.23. The van der Waals surface area contributed by atoms with Crippen LogP contribution in [0.4, 0.5) is 0 Å². The summed E-state index contributed by atoms with van der Waals surface area (Å²) in [5.41, 5.74) is 8.47. The number of nitrogens with two attached hydrogens (primary N) is 1. The minimum Gasteiger partial charge on any atom is -0.324 e. The van der Waals surface area contributed by atoms with E-state index in [2.05, 4.69) is 24.9 Å². The Bertz CT molecular complexity index is 472. The van der Waals surface area contributed by atoms with Crippen LogP contribution >= 0.6 is 0 Å². The monoisotopic (exact) mass is 214 g/mol. The van der Waals surface area contributed by atoms with Crippen molar-refractivity contribution in [3.05, 3.63) is 42.1 Å². The minimum atomic E-state index is 0.105. The van der Waals surface area contributed by atoms with Crippen LogP contribution < -0.4 is 5.73 Å². The van der Waals surface area contributed by atoms with Crippen LogP contribution in [0.25, 0.3) is 10.9 Å². The van der Waals surface area contributed by atoms with Gasteiger partial charge in [-0.25, -0.2) is 0 Å². The SMILES string of the molecule is CC(C)C[C@@H](N)c1ccnc2ccccc12. The van der Waals surface area contributed by atoms with Crippen LogP contribution in [-0.2, 0) is 0 Å². The summed E-state index contributed by atoms with van der Waals surface area (Å²) in [6.45, 7) is 4.40. The molecule has 0 saturated heterocycles. The number of hydrogen-bond donors (Lipinski definition) is 1. The maximum absolute atomic E-state index is 6.23. The van der Waals surface area contributed by atoms with Crippen molar-refractivity contribution in [3.8, 4) is 0 Å². The lowest BCUT2D eigenvalue weighted by atomic mass is 9.95. The van der Waals surface area contributed by atoms with Gasteiger partial charge in [0, 0.05) is 17.6 Å². The Morgan fingerprint density at radius 1 is 1.19 bits per heavy atom. The van der Waals surface area contributed by atoms with Crippen molar-refractivity contribution in [2.24, 2.45) is 11.7 Å². The van der Waals surface area contributed by atoms with Crippen molar-refractivity contribution in [1.82, 2.24) is 4.98 Å². The van der Waals surface area contributed by atoms with E-state index in [1.165, 1.54) is 10.9 Å². The molecule has 2 rings (SSSR count). The maximum Gasteiger partial charge on any atom is 0.0705 e. The second kappa shape index (κ2) is 4.62. The van der Waals surface area contributed by atoms with E-state index < -0.39 is 0 Å². The molecular weight excluding hydrogens is 196 g/mol. The fourth-order valence-corrected chi connectivity index (χ4v) is 2.08. The predicted molar refractivity (Wildman–Crippen MR) is 68.1 cm³/mol. The van der Waals surface area contributed by atoms with Crippen LogP contribution in [-0.4, -0.2) is 4.98 Å². The molecule has 0 spiro atoms. The van der Waals surface area contributed by atoms with Crippen LogP contribution in [0.2, 0.25) is 0 Å². The van der Waals surface area contributed by atoms with Gasteiger partial charge in [0.05, 0.1) is 5.52 Å². The number of para-hydroxylation sites is 1. The van der Waals surface area contributed by atoms with E-state index in [0.717, 1.165) is 11.9 Å². The van der Waals surface area contributed by atoms with Crippen molar-refractivity contribution in [3.63, 3.8) is 0 Å².